The van der Waals surface area contributed by atoms with E-state index in [9.17, 15) is 13.2 Å². The lowest BCUT2D eigenvalue weighted by Crippen LogP contribution is -2.51. The van der Waals surface area contributed by atoms with Crippen LogP contribution in [0.4, 0.5) is 0 Å². The summed E-state index contributed by atoms with van der Waals surface area (Å²) in [5, 5.41) is 3.26. The van der Waals surface area contributed by atoms with E-state index in [1.54, 1.807) is 0 Å². The van der Waals surface area contributed by atoms with Crippen LogP contribution in [0.3, 0.4) is 0 Å². The Balaban J connectivity index is 1.63. The van der Waals surface area contributed by atoms with Crippen molar-refractivity contribution in [2.75, 3.05) is 44.2 Å². The normalized spacial score (nSPS) is 22.6. The molecule has 0 bridgehead atoms. The Kier molecular flexibility index (Phi) is 7.48. The number of sulfone groups is 1. The van der Waals surface area contributed by atoms with Gasteiger partial charge in [-0.25, -0.2) is 8.42 Å². The molecule has 1 amide bonds. The molecule has 1 N–H and O–H groups in total. The third-order valence-electron chi connectivity index (χ3n) is 5.87. The van der Waals surface area contributed by atoms with E-state index >= 15 is 0 Å². The van der Waals surface area contributed by atoms with Gasteiger partial charge in [0, 0.05) is 32.2 Å². The summed E-state index contributed by atoms with van der Waals surface area (Å²) in [7, 11) is -2.98. The van der Waals surface area contributed by atoms with Crippen LogP contribution in [-0.2, 0) is 14.6 Å². The van der Waals surface area contributed by atoms with E-state index in [2.05, 4.69) is 17.1 Å². The Morgan fingerprint density at radius 2 is 1.75 bits per heavy atom. The van der Waals surface area contributed by atoms with E-state index in [-0.39, 0.29) is 23.5 Å². The minimum Gasteiger partial charge on any atom is -0.352 e. The van der Waals surface area contributed by atoms with Crippen LogP contribution >= 0.6 is 0 Å². The summed E-state index contributed by atoms with van der Waals surface area (Å²) >= 11 is 0. The number of hydrogen-bond acceptors (Lipinski definition) is 5. The molecule has 28 heavy (non-hydrogen) atoms. The quantitative estimate of drug-likeness (QED) is 0.747. The van der Waals surface area contributed by atoms with Gasteiger partial charge < -0.3 is 10.2 Å². The van der Waals surface area contributed by atoms with Crippen LogP contribution in [0, 0.1) is 0 Å². The second kappa shape index (κ2) is 9.85. The van der Waals surface area contributed by atoms with Crippen LogP contribution in [0.5, 0.6) is 0 Å². The maximum Gasteiger partial charge on any atom is 0.242 e. The Bertz CT molecular complexity index is 717. The zero-order valence-electron chi connectivity index (χ0n) is 16.8. The molecule has 1 aromatic carbocycles. The van der Waals surface area contributed by atoms with Crippen LogP contribution < -0.4 is 5.32 Å². The molecule has 0 spiro atoms. The van der Waals surface area contributed by atoms with Crippen LogP contribution in [0.1, 0.15) is 44.2 Å². The second-order valence-electron chi connectivity index (χ2n) is 7.98. The average Bonchev–Trinajstić information content (AvgIpc) is 2.70. The van der Waals surface area contributed by atoms with E-state index in [1.165, 1.54) is 12.8 Å². The third-order valence-corrected chi connectivity index (χ3v) is 7.48. The molecule has 2 heterocycles. The molecule has 1 unspecified atom stereocenters. The van der Waals surface area contributed by atoms with Gasteiger partial charge in [-0.2, -0.15) is 0 Å². The van der Waals surface area contributed by atoms with Gasteiger partial charge >= 0.3 is 0 Å². The predicted octanol–water partition coefficient (Wildman–Crippen LogP) is 1.84. The largest absolute Gasteiger partial charge is 0.352 e. The number of likely N-dealkylation sites (tertiary alicyclic amines) is 1. The molecule has 2 saturated heterocycles. The molecule has 0 radical (unpaired) electrons. The van der Waals surface area contributed by atoms with Gasteiger partial charge in [0.05, 0.1) is 11.5 Å². The third kappa shape index (κ3) is 5.78. The number of amides is 1. The zero-order chi connectivity index (χ0) is 20.0. The first kappa shape index (κ1) is 21.3. The van der Waals surface area contributed by atoms with Gasteiger partial charge in [0.25, 0.3) is 0 Å². The smallest absolute Gasteiger partial charge is 0.242 e. The number of nitrogens with one attached hydrogen (secondary N) is 1. The lowest BCUT2D eigenvalue weighted by atomic mass is 10.0. The number of benzene rings is 1. The van der Waals surface area contributed by atoms with Crippen molar-refractivity contribution in [3.63, 3.8) is 0 Å². The summed E-state index contributed by atoms with van der Waals surface area (Å²) in [5.74, 6) is 0.247. The van der Waals surface area contributed by atoms with Gasteiger partial charge in [0.2, 0.25) is 5.91 Å². The summed E-state index contributed by atoms with van der Waals surface area (Å²) in [6.07, 6.45) is 4.39. The maximum atomic E-state index is 13.2. The van der Waals surface area contributed by atoms with E-state index < -0.39 is 15.9 Å². The van der Waals surface area contributed by atoms with Gasteiger partial charge in [0.15, 0.2) is 9.84 Å². The number of rotatable bonds is 7. The van der Waals surface area contributed by atoms with Gasteiger partial charge in [-0.15, -0.1) is 0 Å². The number of carbonyl (C=O) groups excluding carboxylic acids is 1. The van der Waals surface area contributed by atoms with Crippen molar-refractivity contribution >= 4 is 15.7 Å². The molecule has 1 atom stereocenters. The highest BCUT2D eigenvalue weighted by atomic mass is 32.2. The lowest BCUT2D eigenvalue weighted by Gasteiger charge is -2.36. The Morgan fingerprint density at radius 3 is 2.36 bits per heavy atom. The molecule has 2 aliphatic heterocycles. The summed E-state index contributed by atoms with van der Waals surface area (Å²) in [6.45, 7) is 6.23. The van der Waals surface area contributed by atoms with Crippen molar-refractivity contribution in [1.82, 2.24) is 15.1 Å². The molecule has 2 fully saturated rings. The number of piperidine rings is 1. The van der Waals surface area contributed by atoms with Gasteiger partial charge in [-0.3, -0.25) is 9.69 Å². The highest BCUT2D eigenvalue weighted by Gasteiger charge is 2.33. The van der Waals surface area contributed by atoms with Crippen LogP contribution in [-0.4, -0.2) is 74.4 Å². The highest BCUT2D eigenvalue weighted by molar-refractivity contribution is 7.91. The molecule has 3 rings (SSSR count). The summed E-state index contributed by atoms with van der Waals surface area (Å²) in [4.78, 5) is 17.7. The molecule has 6 nitrogen and oxygen atoms in total. The van der Waals surface area contributed by atoms with Crippen LogP contribution in [0.2, 0.25) is 0 Å². The van der Waals surface area contributed by atoms with Crippen molar-refractivity contribution in [3.05, 3.63) is 35.9 Å². The number of carbonyl (C=O) groups is 1. The summed E-state index contributed by atoms with van der Waals surface area (Å²) in [5.41, 5.74) is 0.930. The fourth-order valence-corrected chi connectivity index (χ4v) is 5.34. The minimum atomic E-state index is -2.98. The minimum absolute atomic E-state index is 0.00231. The fourth-order valence-electron chi connectivity index (χ4n) is 4.11. The monoisotopic (exact) mass is 407 g/mol. The highest BCUT2D eigenvalue weighted by Crippen LogP contribution is 2.24. The molecule has 7 heteroatoms. The Labute approximate surface area is 169 Å². The van der Waals surface area contributed by atoms with Crippen LogP contribution in [0.15, 0.2) is 30.3 Å². The Morgan fingerprint density at radius 1 is 1.11 bits per heavy atom. The van der Waals surface area contributed by atoms with Crippen molar-refractivity contribution in [2.24, 2.45) is 0 Å². The zero-order valence-corrected chi connectivity index (χ0v) is 17.7. The first-order valence-electron chi connectivity index (χ1n) is 10.5. The molecule has 0 saturated carbocycles. The fraction of sp³-hybridized carbons (Fsp3) is 0.667. The molecule has 0 aromatic heterocycles. The maximum absolute atomic E-state index is 13.2. The van der Waals surface area contributed by atoms with Crippen molar-refractivity contribution < 1.29 is 13.2 Å². The van der Waals surface area contributed by atoms with Gasteiger partial charge in [-0.1, -0.05) is 43.7 Å². The number of hydrogen-bond donors (Lipinski definition) is 1. The summed E-state index contributed by atoms with van der Waals surface area (Å²) in [6, 6.07) is 9.50. The van der Waals surface area contributed by atoms with E-state index in [0.717, 1.165) is 38.0 Å². The molecular weight excluding hydrogens is 374 g/mol. The number of unbranched alkanes of at least 4 members (excludes halogenated alkanes) is 1. The molecule has 1 aromatic rings. The topological polar surface area (TPSA) is 69.7 Å². The molecule has 156 valence electrons. The van der Waals surface area contributed by atoms with Crippen molar-refractivity contribution in [3.8, 4) is 0 Å². The SMILES string of the molecule is CCCCN1CCC(NC(=O)C(c2ccccc2)N2CCS(=O)(=O)CC2)CC1. The predicted molar refractivity (Wildman–Crippen MR) is 112 cm³/mol. The first-order valence-corrected chi connectivity index (χ1v) is 12.3. The first-order chi connectivity index (χ1) is 13.5. The Hall–Kier alpha value is -1.44. The van der Waals surface area contributed by atoms with Crippen LogP contribution in [0.25, 0.3) is 0 Å². The average molecular weight is 408 g/mol. The van der Waals surface area contributed by atoms with Crippen molar-refractivity contribution in [2.45, 2.75) is 44.7 Å². The summed E-state index contributed by atoms with van der Waals surface area (Å²) < 4.78 is 23.6. The molecular formula is C21H33N3O3S. The van der Waals surface area contributed by atoms with Gasteiger partial charge in [0.1, 0.15) is 6.04 Å². The molecule has 2 aliphatic rings. The lowest BCUT2D eigenvalue weighted by molar-refractivity contribution is -0.127. The van der Waals surface area contributed by atoms with Gasteiger partial charge in [-0.05, 0) is 31.4 Å². The standard InChI is InChI=1S/C21H33N3O3S/c1-2-3-11-23-12-9-19(10-13-23)22-21(25)20(18-7-5-4-6-8-18)24-14-16-28(26,27)17-15-24/h4-8,19-20H,2-3,9-17H2,1H3,(H,22,25). The number of nitrogens with zero attached hydrogens (tertiary/aromatic N) is 2. The van der Waals surface area contributed by atoms with E-state index in [0.29, 0.717) is 13.1 Å². The van der Waals surface area contributed by atoms with Crippen molar-refractivity contribution in [1.29, 1.82) is 0 Å². The van der Waals surface area contributed by atoms with E-state index in [4.69, 9.17) is 0 Å². The van der Waals surface area contributed by atoms with E-state index in [1.807, 2.05) is 35.2 Å². The second-order valence-corrected chi connectivity index (χ2v) is 10.3. The molecule has 0 aliphatic carbocycles.